The van der Waals surface area contributed by atoms with Crippen molar-refractivity contribution in [3.8, 4) is 0 Å². The van der Waals surface area contributed by atoms with Crippen LogP contribution in [-0.2, 0) is 9.53 Å². The van der Waals surface area contributed by atoms with E-state index in [-0.39, 0.29) is 5.92 Å². The third-order valence-corrected chi connectivity index (χ3v) is 2.30. The number of Topliss-reactive ketones (excluding diaryl/α,β-unsaturated/α-hetero) is 1. The van der Waals surface area contributed by atoms with E-state index in [1.807, 2.05) is 0 Å². The number of hydrogen-bond acceptors (Lipinski definition) is 2. The Morgan fingerprint density at radius 1 is 1.75 bits per heavy atom. The van der Waals surface area contributed by atoms with Crippen molar-refractivity contribution in [3.05, 3.63) is 12.2 Å². The lowest BCUT2D eigenvalue weighted by molar-refractivity contribution is -0.130. The summed E-state index contributed by atoms with van der Waals surface area (Å²) in [5, 5.41) is 0. The van der Waals surface area contributed by atoms with Crippen LogP contribution in [0.5, 0.6) is 0 Å². The highest BCUT2D eigenvalue weighted by molar-refractivity contribution is 5.82. The van der Waals surface area contributed by atoms with Crippen molar-refractivity contribution in [2.75, 3.05) is 13.2 Å². The van der Waals surface area contributed by atoms with Crippen molar-refractivity contribution < 1.29 is 9.53 Å². The Morgan fingerprint density at radius 3 is 3.08 bits per heavy atom. The van der Waals surface area contributed by atoms with E-state index in [0.717, 1.165) is 18.4 Å². The lowest BCUT2D eigenvalue weighted by Gasteiger charge is -2.21. The number of ether oxygens (including phenoxy) is 1. The van der Waals surface area contributed by atoms with Gasteiger partial charge in [0.05, 0.1) is 13.2 Å². The molecule has 1 heterocycles. The second-order valence-electron chi connectivity index (χ2n) is 3.30. The van der Waals surface area contributed by atoms with Gasteiger partial charge in [0, 0.05) is 12.3 Å². The summed E-state index contributed by atoms with van der Waals surface area (Å²) in [6.07, 6.45) is 2.36. The van der Waals surface area contributed by atoms with Crippen LogP contribution in [0.2, 0.25) is 0 Å². The minimum Gasteiger partial charge on any atom is -0.380 e. The first kappa shape index (κ1) is 9.46. The molecule has 0 N–H and O–H groups in total. The summed E-state index contributed by atoms with van der Waals surface area (Å²) >= 11 is 0. The number of ketones is 1. The average Bonchev–Trinajstić information content (AvgIpc) is 2.09. The first-order valence-electron chi connectivity index (χ1n) is 4.51. The monoisotopic (exact) mass is 168 g/mol. The molecule has 1 atom stereocenters. The molecule has 1 unspecified atom stereocenters. The van der Waals surface area contributed by atoms with Crippen LogP contribution in [0.4, 0.5) is 0 Å². The fraction of sp³-hybridized carbons (Fsp3) is 0.700. The predicted octanol–water partition coefficient (Wildman–Crippen LogP) is 1.95. The van der Waals surface area contributed by atoms with E-state index in [0.29, 0.717) is 25.4 Å². The minimum absolute atomic E-state index is 0.0891. The lowest BCUT2D eigenvalue weighted by Crippen LogP contribution is -2.27. The predicted molar refractivity (Wildman–Crippen MR) is 48.0 cm³/mol. The zero-order valence-electron chi connectivity index (χ0n) is 7.64. The topological polar surface area (TPSA) is 26.3 Å². The van der Waals surface area contributed by atoms with Crippen molar-refractivity contribution in [1.82, 2.24) is 0 Å². The maximum Gasteiger partial charge on any atom is 0.140 e. The van der Waals surface area contributed by atoms with Gasteiger partial charge >= 0.3 is 0 Å². The van der Waals surface area contributed by atoms with Gasteiger partial charge < -0.3 is 4.74 Å². The molecule has 1 aliphatic heterocycles. The van der Waals surface area contributed by atoms with Crippen molar-refractivity contribution in [1.29, 1.82) is 0 Å². The quantitative estimate of drug-likeness (QED) is 0.602. The van der Waals surface area contributed by atoms with E-state index >= 15 is 0 Å². The summed E-state index contributed by atoms with van der Waals surface area (Å²) in [6, 6.07) is 0. The molecule has 0 aromatic rings. The molecule has 1 aliphatic rings. The highest BCUT2D eigenvalue weighted by Gasteiger charge is 2.22. The molecular weight excluding hydrogens is 152 g/mol. The van der Waals surface area contributed by atoms with Gasteiger partial charge in [0.15, 0.2) is 0 Å². The van der Waals surface area contributed by atoms with Crippen LogP contribution in [0.15, 0.2) is 12.2 Å². The molecule has 1 fully saturated rings. The van der Waals surface area contributed by atoms with Gasteiger partial charge in [-0.15, -0.1) is 0 Å². The zero-order chi connectivity index (χ0) is 8.97. The summed E-state index contributed by atoms with van der Waals surface area (Å²) in [5.74, 6) is 0.432. The molecule has 0 bridgehead atoms. The fourth-order valence-corrected chi connectivity index (χ4v) is 1.36. The highest BCUT2D eigenvalue weighted by Crippen LogP contribution is 2.18. The van der Waals surface area contributed by atoms with E-state index in [9.17, 15) is 4.79 Å². The minimum atomic E-state index is 0.0891. The smallest absolute Gasteiger partial charge is 0.140 e. The molecule has 0 spiro atoms. The molecule has 0 aliphatic carbocycles. The number of allylic oxidation sites excluding steroid dienone is 1. The molecule has 68 valence electrons. The SMILES string of the molecule is C=C(CC)CC1COCCC1=O. The molecule has 0 aromatic carbocycles. The fourth-order valence-electron chi connectivity index (χ4n) is 1.36. The van der Waals surface area contributed by atoms with Gasteiger partial charge in [-0.2, -0.15) is 0 Å². The van der Waals surface area contributed by atoms with Gasteiger partial charge in [0.1, 0.15) is 5.78 Å². The highest BCUT2D eigenvalue weighted by atomic mass is 16.5. The summed E-state index contributed by atoms with van der Waals surface area (Å²) in [6.45, 7) is 7.16. The summed E-state index contributed by atoms with van der Waals surface area (Å²) in [5.41, 5.74) is 1.15. The van der Waals surface area contributed by atoms with Crippen molar-refractivity contribution in [2.45, 2.75) is 26.2 Å². The lowest BCUT2D eigenvalue weighted by atomic mass is 9.93. The molecule has 2 heteroatoms. The van der Waals surface area contributed by atoms with E-state index in [2.05, 4.69) is 13.5 Å². The molecular formula is C10H16O2. The first-order chi connectivity index (χ1) is 5.74. The van der Waals surface area contributed by atoms with Crippen molar-refractivity contribution in [3.63, 3.8) is 0 Å². The van der Waals surface area contributed by atoms with Gasteiger partial charge in [0.25, 0.3) is 0 Å². The number of carbonyl (C=O) groups excluding carboxylic acids is 1. The largest absolute Gasteiger partial charge is 0.380 e. The molecule has 0 radical (unpaired) electrons. The maximum absolute atomic E-state index is 11.3. The first-order valence-corrected chi connectivity index (χ1v) is 4.51. The Balaban J connectivity index is 2.39. The van der Waals surface area contributed by atoms with E-state index in [1.165, 1.54) is 0 Å². The van der Waals surface area contributed by atoms with Crippen LogP contribution in [0, 0.1) is 5.92 Å². The average molecular weight is 168 g/mol. The Hall–Kier alpha value is -0.630. The van der Waals surface area contributed by atoms with E-state index < -0.39 is 0 Å². The molecule has 12 heavy (non-hydrogen) atoms. The van der Waals surface area contributed by atoms with Crippen LogP contribution in [0.1, 0.15) is 26.2 Å². The van der Waals surface area contributed by atoms with E-state index in [1.54, 1.807) is 0 Å². The van der Waals surface area contributed by atoms with Crippen molar-refractivity contribution >= 4 is 5.78 Å². The van der Waals surface area contributed by atoms with Crippen LogP contribution in [-0.4, -0.2) is 19.0 Å². The summed E-state index contributed by atoms with van der Waals surface area (Å²) < 4.78 is 5.24. The number of carbonyl (C=O) groups is 1. The number of hydrogen-bond donors (Lipinski definition) is 0. The van der Waals surface area contributed by atoms with Crippen LogP contribution >= 0.6 is 0 Å². The number of rotatable bonds is 3. The van der Waals surface area contributed by atoms with Gasteiger partial charge in [-0.05, 0) is 12.8 Å². The van der Waals surface area contributed by atoms with Gasteiger partial charge in [-0.1, -0.05) is 19.1 Å². The van der Waals surface area contributed by atoms with E-state index in [4.69, 9.17) is 4.74 Å². The summed E-state index contributed by atoms with van der Waals surface area (Å²) in [4.78, 5) is 11.3. The molecule has 0 amide bonds. The standard InChI is InChI=1S/C10H16O2/c1-3-8(2)6-9-7-12-5-4-10(9)11/h9H,2-7H2,1H3. The van der Waals surface area contributed by atoms with Crippen LogP contribution in [0.25, 0.3) is 0 Å². The summed E-state index contributed by atoms with van der Waals surface area (Å²) in [7, 11) is 0. The van der Waals surface area contributed by atoms with Crippen LogP contribution < -0.4 is 0 Å². The second kappa shape index (κ2) is 4.41. The molecule has 0 saturated carbocycles. The normalized spacial score (nSPS) is 24.1. The zero-order valence-corrected chi connectivity index (χ0v) is 7.64. The van der Waals surface area contributed by atoms with Gasteiger partial charge in [0.2, 0.25) is 0 Å². The Morgan fingerprint density at radius 2 is 2.50 bits per heavy atom. The second-order valence-corrected chi connectivity index (χ2v) is 3.30. The van der Waals surface area contributed by atoms with Crippen LogP contribution in [0.3, 0.4) is 0 Å². The molecule has 2 nitrogen and oxygen atoms in total. The third-order valence-electron chi connectivity index (χ3n) is 2.30. The molecule has 0 aromatic heterocycles. The Bertz CT molecular complexity index is 184. The third kappa shape index (κ3) is 2.45. The van der Waals surface area contributed by atoms with Crippen molar-refractivity contribution in [2.24, 2.45) is 5.92 Å². The van der Waals surface area contributed by atoms with Gasteiger partial charge in [-0.25, -0.2) is 0 Å². The molecule has 1 saturated heterocycles. The maximum atomic E-state index is 11.3. The Labute approximate surface area is 73.6 Å². The van der Waals surface area contributed by atoms with Gasteiger partial charge in [-0.3, -0.25) is 4.79 Å². The Kier molecular flexibility index (Phi) is 3.48. The molecule has 1 rings (SSSR count).